The molecule has 13 nitrogen and oxygen atoms in total. The van der Waals surface area contributed by atoms with Crippen molar-refractivity contribution in [3.05, 3.63) is 93.7 Å². The number of aliphatic hydroxyl groups is 1. The molecule has 2 atom stereocenters. The lowest BCUT2D eigenvalue weighted by molar-refractivity contribution is -0.402. The first-order valence-corrected chi connectivity index (χ1v) is 14.0. The quantitative estimate of drug-likeness (QED) is 0.110. The maximum Gasteiger partial charge on any atom is 0.433 e. The summed E-state index contributed by atoms with van der Waals surface area (Å²) < 4.78 is 83.5. The Morgan fingerprint density at radius 1 is 1.02 bits per heavy atom. The third-order valence-corrected chi connectivity index (χ3v) is 7.36. The van der Waals surface area contributed by atoms with E-state index in [2.05, 4.69) is 15.8 Å². The van der Waals surface area contributed by atoms with Crippen LogP contribution in [0.25, 0.3) is 6.08 Å². The van der Waals surface area contributed by atoms with Crippen LogP contribution in [0.4, 0.5) is 48.4 Å². The van der Waals surface area contributed by atoms with Gasteiger partial charge in [-0.3, -0.25) is 24.6 Å². The molecule has 0 bridgehead atoms. The summed E-state index contributed by atoms with van der Waals surface area (Å²) in [5, 5.41) is 27.9. The molecule has 0 saturated carbocycles. The van der Waals surface area contributed by atoms with E-state index in [1.165, 1.54) is 32.1 Å². The highest BCUT2D eigenvalue weighted by atomic mass is 19.4. The molecule has 2 aromatic carbocycles. The van der Waals surface area contributed by atoms with Crippen molar-refractivity contribution in [2.24, 2.45) is 5.10 Å². The van der Waals surface area contributed by atoms with Crippen molar-refractivity contribution in [2.45, 2.75) is 43.9 Å². The molecule has 1 fully saturated rings. The lowest BCUT2D eigenvalue weighted by Crippen LogP contribution is -2.57. The van der Waals surface area contributed by atoms with Crippen molar-refractivity contribution in [1.29, 1.82) is 0 Å². The number of nitrogens with one attached hydrogen (secondary N) is 2. The van der Waals surface area contributed by atoms with Gasteiger partial charge in [0, 0.05) is 17.6 Å². The zero-order chi connectivity index (χ0) is 36.3. The highest BCUT2D eigenvalue weighted by molar-refractivity contribution is 6.02. The van der Waals surface area contributed by atoms with E-state index in [1.54, 1.807) is 0 Å². The third kappa shape index (κ3) is 8.23. The largest absolute Gasteiger partial charge is 0.433 e. The van der Waals surface area contributed by atoms with Crippen molar-refractivity contribution in [1.82, 2.24) is 10.3 Å². The number of urea groups is 1. The van der Waals surface area contributed by atoms with Gasteiger partial charge in [0.2, 0.25) is 0 Å². The van der Waals surface area contributed by atoms with E-state index in [4.69, 9.17) is 4.42 Å². The molecule has 1 aromatic heterocycles. The average molecular weight is 697 g/mol. The summed E-state index contributed by atoms with van der Waals surface area (Å²) in [6, 6.07) is 6.45. The lowest BCUT2D eigenvalue weighted by atomic mass is 9.88. The van der Waals surface area contributed by atoms with Crippen LogP contribution < -0.4 is 15.6 Å². The minimum Gasteiger partial charge on any atom is -0.401 e. The fourth-order valence-electron chi connectivity index (χ4n) is 4.95. The summed E-state index contributed by atoms with van der Waals surface area (Å²) in [4.78, 5) is 51.5. The monoisotopic (exact) mass is 696 g/mol. The van der Waals surface area contributed by atoms with Crippen LogP contribution in [-0.2, 0) is 21.9 Å². The van der Waals surface area contributed by atoms with Gasteiger partial charge in [-0.1, -0.05) is 0 Å². The van der Waals surface area contributed by atoms with Crippen LogP contribution in [0.2, 0.25) is 0 Å². The predicted molar refractivity (Wildman–Crippen MR) is 161 cm³/mol. The molecule has 0 aliphatic carbocycles. The first-order chi connectivity index (χ1) is 22.8. The Morgan fingerprint density at radius 2 is 1.59 bits per heavy atom. The van der Waals surface area contributed by atoms with Crippen LogP contribution in [0.5, 0.6) is 0 Å². The highest BCUT2D eigenvalue weighted by Gasteiger charge is 2.57. The van der Waals surface area contributed by atoms with Gasteiger partial charge in [-0.05, 0) is 80.6 Å². The zero-order valence-electron chi connectivity index (χ0n) is 25.3. The van der Waals surface area contributed by atoms with Crippen LogP contribution >= 0.6 is 0 Å². The minimum absolute atomic E-state index is 0.115. The number of anilines is 2. The molecule has 2 heterocycles. The van der Waals surface area contributed by atoms with Gasteiger partial charge in [-0.25, -0.2) is 10.2 Å². The molecule has 0 spiro atoms. The Labute approximate surface area is 272 Å². The number of furan rings is 1. The molecule has 49 heavy (non-hydrogen) atoms. The SMILES string of the molecule is CC1(C)C(C(O)C(=O)Nc2ccc(C(F)(F)F)cc2)N(c2ccc(C(F)(F)F)cc2)C(=O)N1CC(=O)N/N=C/C=C/c1ccc([N+](=O)[O-])o1. The summed E-state index contributed by atoms with van der Waals surface area (Å²) in [5.74, 6) is -2.40. The van der Waals surface area contributed by atoms with Crippen LogP contribution in [0.1, 0.15) is 30.7 Å². The number of carbonyl (C=O) groups is 3. The number of aliphatic hydroxyl groups excluding tert-OH is 1. The van der Waals surface area contributed by atoms with Gasteiger partial charge in [-0.15, -0.1) is 0 Å². The van der Waals surface area contributed by atoms with Crippen LogP contribution in [0.15, 0.2) is 76.3 Å². The first-order valence-electron chi connectivity index (χ1n) is 14.0. The molecule has 0 radical (unpaired) electrons. The number of hydrogen-bond acceptors (Lipinski definition) is 8. The Morgan fingerprint density at radius 3 is 2.12 bits per heavy atom. The lowest BCUT2D eigenvalue weighted by Gasteiger charge is -2.36. The standard InChI is InChI=1S/C30H26F6N6O7/c1-28(2)25(24(44)26(45)38-19-9-5-17(6-10-19)29(31,32)33)41(20-11-7-18(8-12-20)30(34,35)36)27(46)40(28)16-22(43)39-37-15-3-4-21-13-14-23(49-21)42(47)48/h3-15,24-25,44H,16H2,1-2H3,(H,38,45)(H,39,43)/b4-3+,37-15+. The van der Waals surface area contributed by atoms with Gasteiger partial charge in [0.05, 0.1) is 28.8 Å². The number of rotatable bonds is 10. The number of nitrogens with zero attached hydrogens (tertiary/aromatic N) is 4. The Kier molecular flexibility index (Phi) is 10.2. The molecule has 19 heteroatoms. The smallest absolute Gasteiger partial charge is 0.401 e. The van der Waals surface area contributed by atoms with Crippen LogP contribution in [-0.4, -0.2) is 63.2 Å². The Balaban J connectivity index is 1.55. The van der Waals surface area contributed by atoms with Crippen molar-refractivity contribution in [3.63, 3.8) is 0 Å². The number of nitro groups is 1. The van der Waals surface area contributed by atoms with E-state index in [9.17, 15) is 55.9 Å². The summed E-state index contributed by atoms with van der Waals surface area (Å²) in [6.07, 6.45) is -7.81. The number of amides is 4. The van der Waals surface area contributed by atoms with E-state index in [0.29, 0.717) is 24.3 Å². The van der Waals surface area contributed by atoms with Crippen molar-refractivity contribution in [2.75, 3.05) is 16.8 Å². The number of allylic oxidation sites excluding steroid dienone is 1. The fourth-order valence-corrected chi connectivity index (χ4v) is 4.95. The first kappa shape index (κ1) is 36.1. The molecule has 1 aliphatic rings. The van der Waals surface area contributed by atoms with Crippen LogP contribution in [0.3, 0.4) is 0 Å². The number of carbonyl (C=O) groups excluding carboxylic acids is 3. The molecule has 4 rings (SSSR count). The second kappa shape index (κ2) is 13.8. The van der Waals surface area contributed by atoms with Gasteiger partial charge in [0.1, 0.15) is 17.2 Å². The highest BCUT2D eigenvalue weighted by Crippen LogP contribution is 2.39. The topological polar surface area (TPSA) is 171 Å². The number of benzene rings is 2. The normalized spacial score (nSPS) is 17.2. The second-order valence-electron chi connectivity index (χ2n) is 11.0. The number of hydrogen-bond donors (Lipinski definition) is 3. The number of halogens is 6. The van der Waals surface area contributed by atoms with E-state index in [-0.39, 0.29) is 17.1 Å². The van der Waals surface area contributed by atoms with Crippen molar-refractivity contribution < 1.29 is 55.2 Å². The predicted octanol–water partition coefficient (Wildman–Crippen LogP) is 5.43. The molecule has 2 unspecified atom stereocenters. The molecular weight excluding hydrogens is 670 g/mol. The van der Waals surface area contributed by atoms with Gasteiger partial charge in [-0.2, -0.15) is 31.4 Å². The molecule has 1 saturated heterocycles. The summed E-state index contributed by atoms with van der Waals surface area (Å²) >= 11 is 0. The minimum atomic E-state index is -4.72. The summed E-state index contributed by atoms with van der Waals surface area (Å²) in [5.41, 5.74) is -1.77. The second-order valence-corrected chi connectivity index (χ2v) is 11.0. The number of hydrazone groups is 1. The fraction of sp³-hybridized carbons (Fsp3) is 0.267. The van der Waals surface area contributed by atoms with E-state index in [0.717, 1.165) is 46.3 Å². The number of alkyl halides is 6. The Bertz CT molecular complexity index is 1770. The average Bonchev–Trinajstić information content (AvgIpc) is 3.57. The van der Waals surface area contributed by atoms with Gasteiger partial charge >= 0.3 is 24.3 Å². The third-order valence-electron chi connectivity index (χ3n) is 7.36. The molecule has 3 aromatic rings. The maximum absolute atomic E-state index is 13.7. The molecular formula is C30H26F6N6O7. The van der Waals surface area contributed by atoms with Gasteiger partial charge in [0.15, 0.2) is 6.10 Å². The van der Waals surface area contributed by atoms with E-state index >= 15 is 0 Å². The molecule has 1 aliphatic heterocycles. The van der Waals surface area contributed by atoms with Crippen LogP contribution in [0, 0.1) is 10.1 Å². The summed E-state index contributed by atoms with van der Waals surface area (Å²) in [7, 11) is 0. The van der Waals surface area contributed by atoms with Gasteiger partial charge in [0.25, 0.3) is 11.8 Å². The summed E-state index contributed by atoms with van der Waals surface area (Å²) in [6.45, 7) is 2.06. The zero-order valence-corrected chi connectivity index (χ0v) is 25.3. The molecule has 260 valence electrons. The van der Waals surface area contributed by atoms with E-state index in [1.807, 2.05) is 0 Å². The molecule has 3 N–H and O–H groups in total. The van der Waals surface area contributed by atoms with Gasteiger partial charge < -0.3 is 19.7 Å². The van der Waals surface area contributed by atoms with Crippen molar-refractivity contribution in [3.8, 4) is 0 Å². The van der Waals surface area contributed by atoms with Crippen molar-refractivity contribution >= 4 is 47.4 Å². The maximum atomic E-state index is 13.7. The molecule has 4 amide bonds. The van der Waals surface area contributed by atoms with E-state index < -0.39 is 76.4 Å². The Hall–Kier alpha value is -5.72.